The Labute approximate surface area is 120 Å². The third-order valence-electron chi connectivity index (χ3n) is 3.80. The molecule has 2 rings (SSSR count). The van der Waals surface area contributed by atoms with Crippen LogP contribution in [0.3, 0.4) is 0 Å². The van der Waals surface area contributed by atoms with Crippen molar-refractivity contribution in [2.24, 2.45) is 5.92 Å². The Balaban J connectivity index is 1.96. The molecule has 0 saturated heterocycles. The largest absolute Gasteiger partial charge is 0.391 e. The Bertz CT molecular complexity index is 469. The number of hydrogen-bond donors (Lipinski definition) is 2. The summed E-state index contributed by atoms with van der Waals surface area (Å²) in [6.45, 7) is 4.59. The SMILES string of the molecule is CC(C)c1ccccc1NC(=O)N(C)CC(O)C1CC1. The summed E-state index contributed by atoms with van der Waals surface area (Å²) in [5.41, 5.74) is 1.97. The molecule has 0 radical (unpaired) electrons. The highest BCUT2D eigenvalue weighted by molar-refractivity contribution is 5.90. The van der Waals surface area contributed by atoms with Crippen molar-refractivity contribution in [1.82, 2.24) is 4.90 Å². The van der Waals surface area contributed by atoms with Crippen molar-refractivity contribution in [3.8, 4) is 0 Å². The van der Waals surface area contributed by atoms with Gasteiger partial charge in [0.1, 0.15) is 0 Å². The van der Waals surface area contributed by atoms with Gasteiger partial charge in [-0.1, -0.05) is 32.0 Å². The normalized spacial score (nSPS) is 16.1. The van der Waals surface area contributed by atoms with Crippen LogP contribution in [-0.2, 0) is 0 Å². The number of anilines is 1. The number of amides is 2. The van der Waals surface area contributed by atoms with Crippen LogP contribution in [0.4, 0.5) is 10.5 Å². The number of carbonyl (C=O) groups is 1. The molecule has 1 saturated carbocycles. The average molecular weight is 276 g/mol. The first kappa shape index (κ1) is 14.9. The molecular weight excluding hydrogens is 252 g/mol. The lowest BCUT2D eigenvalue weighted by Crippen LogP contribution is -2.38. The van der Waals surface area contributed by atoms with E-state index in [4.69, 9.17) is 0 Å². The molecule has 1 aliphatic rings. The van der Waals surface area contributed by atoms with Crippen LogP contribution in [-0.4, -0.2) is 35.7 Å². The smallest absolute Gasteiger partial charge is 0.321 e. The highest BCUT2D eigenvalue weighted by atomic mass is 16.3. The highest BCUT2D eigenvalue weighted by Crippen LogP contribution is 2.32. The second-order valence-corrected chi connectivity index (χ2v) is 5.96. The number of aliphatic hydroxyl groups excluding tert-OH is 1. The summed E-state index contributed by atoms with van der Waals surface area (Å²) in [6, 6.07) is 7.67. The molecule has 20 heavy (non-hydrogen) atoms. The van der Waals surface area contributed by atoms with Gasteiger partial charge in [0, 0.05) is 19.3 Å². The molecule has 1 aromatic carbocycles. The van der Waals surface area contributed by atoms with Gasteiger partial charge in [0.05, 0.1) is 6.10 Å². The third-order valence-corrected chi connectivity index (χ3v) is 3.80. The van der Waals surface area contributed by atoms with E-state index in [0.717, 1.165) is 24.1 Å². The van der Waals surface area contributed by atoms with E-state index < -0.39 is 6.10 Å². The molecule has 1 unspecified atom stereocenters. The molecule has 4 nitrogen and oxygen atoms in total. The maximum atomic E-state index is 12.2. The molecular formula is C16H24N2O2. The lowest BCUT2D eigenvalue weighted by Gasteiger charge is -2.22. The van der Waals surface area contributed by atoms with Gasteiger partial charge >= 0.3 is 6.03 Å². The topological polar surface area (TPSA) is 52.6 Å². The van der Waals surface area contributed by atoms with Gasteiger partial charge in [0.2, 0.25) is 0 Å². The summed E-state index contributed by atoms with van der Waals surface area (Å²) in [4.78, 5) is 13.7. The summed E-state index contributed by atoms with van der Waals surface area (Å²) >= 11 is 0. The van der Waals surface area contributed by atoms with Crippen molar-refractivity contribution in [2.75, 3.05) is 18.9 Å². The minimum Gasteiger partial charge on any atom is -0.391 e. The quantitative estimate of drug-likeness (QED) is 0.868. The zero-order chi connectivity index (χ0) is 14.7. The summed E-state index contributed by atoms with van der Waals surface area (Å²) in [5.74, 6) is 0.738. The van der Waals surface area contributed by atoms with Crippen LogP contribution in [0.5, 0.6) is 0 Å². The van der Waals surface area contributed by atoms with Gasteiger partial charge in [-0.15, -0.1) is 0 Å². The fraction of sp³-hybridized carbons (Fsp3) is 0.562. The van der Waals surface area contributed by atoms with Crippen LogP contribution >= 0.6 is 0 Å². The lowest BCUT2D eigenvalue weighted by atomic mass is 10.0. The minimum atomic E-state index is -0.397. The van der Waals surface area contributed by atoms with Crippen molar-refractivity contribution in [3.05, 3.63) is 29.8 Å². The Morgan fingerprint density at radius 1 is 1.40 bits per heavy atom. The minimum absolute atomic E-state index is 0.169. The van der Waals surface area contributed by atoms with Gasteiger partial charge in [0.15, 0.2) is 0 Å². The maximum Gasteiger partial charge on any atom is 0.321 e. The zero-order valence-electron chi connectivity index (χ0n) is 12.5. The molecule has 110 valence electrons. The fourth-order valence-electron chi connectivity index (χ4n) is 2.32. The monoisotopic (exact) mass is 276 g/mol. The van der Waals surface area contributed by atoms with Gasteiger partial charge in [-0.3, -0.25) is 0 Å². The van der Waals surface area contributed by atoms with Crippen molar-refractivity contribution >= 4 is 11.7 Å². The van der Waals surface area contributed by atoms with Crippen molar-refractivity contribution < 1.29 is 9.90 Å². The predicted octanol–water partition coefficient (Wildman–Crippen LogP) is 3.04. The fourth-order valence-corrected chi connectivity index (χ4v) is 2.32. The van der Waals surface area contributed by atoms with Crippen LogP contribution in [0.15, 0.2) is 24.3 Å². The number of carbonyl (C=O) groups excluding carboxylic acids is 1. The molecule has 2 amide bonds. The van der Waals surface area contributed by atoms with E-state index in [1.807, 2.05) is 24.3 Å². The van der Waals surface area contributed by atoms with Crippen molar-refractivity contribution in [3.63, 3.8) is 0 Å². The molecule has 1 aromatic rings. The Morgan fingerprint density at radius 2 is 2.05 bits per heavy atom. The standard InChI is InChI=1S/C16H24N2O2/c1-11(2)13-6-4-5-7-14(13)17-16(20)18(3)10-15(19)12-8-9-12/h4-7,11-12,15,19H,8-10H2,1-3H3,(H,17,20). The second-order valence-electron chi connectivity index (χ2n) is 5.96. The summed E-state index contributed by atoms with van der Waals surface area (Å²) in [7, 11) is 1.72. The number of benzene rings is 1. The maximum absolute atomic E-state index is 12.2. The van der Waals surface area contributed by atoms with Gasteiger partial charge in [-0.05, 0) is 36.3 Å². The number of likely N-dealkylation sites (N-methyl/N-ethyl adjacent to an activating group) is 1. The number of nitrogens with zero attached hydrogens (tertiary/aromatic N) is 1. The van der Waals surface area contributed by atoms with Gasteiger partial charge < -0.3 is 15.3 Å². The van der Waals surface area contributed by atoms with Crippen LogP contribution in [0.25, 0.3) is 0 Å². The molecule has 0 spiro atoms. The molecule has 0 aliphatic heterocycles. The van der Waals surface area contributed by atoms with Gasteiger partial charge in [-0.2, -0.15) is 0 Å². The predicted molar refractivity (Wildman–Crippen MR) is 80.9 cm³/mol. The Hall–Kier alpha value is -1.55. The first-order chi connectivity index (χ1) is 9.49. The molecule has 1 fully saturated rings. The van der Waals surface area contributed by atoms with Crippen LogP contribution in [0, 0.1) is 5.92 Å². The molecule has 2 N–H and O–H groups in total. The summed E-state index contributed by atoms with van der Waals surface area (Å²) in [6.07, 6.45) is 1.76. The van der Waals surface area contributed by atoms with E-state index in [-0.39, 0.29) is 6.03 Å². The Morgan fingerprint density at radius 3 is 2.65 bits per heavy atom. The van der Waals surface area contributed by atoms with E-state index in [1.165, 1.54) is 0 Å². The number of para-hydroxylation sites is 1. The third kappa shape index (κ3) is 3.73. The number of rotatable bonds is 5. The number of aliphatic hydroxyl groups is 1. The van der Waals surface area contributed by atoms with Crippen molar-refractivity contribution in [1.29, 1.82) is 0 Å². The number of nitrogens with one attached hydrogen (secondary N) is 1. The van der Waals surface area contributed by atoms with E-state index in [2.05, 4.69) is 19.2 Å². The molecule has 0 bridgehead atoms. The van der Waals surface area contributed by atoms with E-state index >= 15 is 0 Å². The summed E-state index contributed by atoms with van der Waals surface area (Å²) < 4.78 is 0. The lowest BCUT2D eigenvalue weighted by molar-refractivity contribution is 0.117. The first-order valence-corrected chi connectivity index (χ1v) is 7.28. The van der Waals surface area contributed by atoms with Crippen LogP contribution in [0.2, 0.25) is 0 Å². The van der Waals surface area contributed by atoms with Crippen LogP contribution < -0.4 is 5.32 Å². The first-order valence-electron chi connectivity index (χ1n) is 7.28. The molecule has 0 heterocycles. The zero-order valence-corrected chi connectivity index (χ0v) is 12.5. The molecule has 1 atom stereocenters. The van der Waals surface area contributed by atoms with E-state index in [1.54, 1.807) is 11.9 Å². The molecule has 0 aromatic heterocycles. The van der Waals surface area contributed by atoms with Gasteiger partial charge in [-0.25, -0.2) is 4.79 Å². The highest BCUT2D eigenvalue weighted by Gasteiger charge is 2.31. The molecule has 1 aliphatic carbocycles. The van der Waals surface area contributed by atoms with E-state index in [9.17, 15) is 9.90 Å². The van der Waals surface area contributed by atoms with E-state index in [0.29, 0.717) is 18.4 Å². The average Bonchev–Trinajstić information content (AvgIpc) is 3.23. The summed E-state index contributed by atoms with van der Waals surface area (Å²) in [5, 5.41) is 12.8. The van der Waals surface area contributed by atoms with Crippen LogP contribution in [0.1, 0.15) is 38.2 Å². The Kier molecular flexibility index (Phi) is 4.65. The van der Waals surface area contributed by atoms with Gasteiger partial charge in [0.25, 0.3) is 0 Å². The van der Waals surface area contributed by atoms with Crippen molar-refractivity contribution in [2.45, 2.75) is 38.7 Å². The number of urea groups is 1. The second kappa shape index (κ2) is 6.27. The molecule has 4 heteroatoms. The number of hydrogen-bond acceptors (Lipinski definition) is 2.